The first kappa shape index (κ1) is 16.2. The van der Waals surface area contributed by atoms with Gasteiger partial charge >= 0.3 is 0 Å². The van der Waals surface area contributed by atoms with Crippen LogP contribution in [0.5, 0.6) is 5.75 Å². The Morgan fingerprint density at radius 2 is 2.26 bits per heavy atom. The van der Waals surface area contributed by atoms with E-state index in [0.717, 1.165) is 41.8 Å². The van der Waals surface area contributed by atoms with E-state index in [1.165, 1.54) is 6.42 Å². The van der Waals surface area contributed by atoms with Crippen LogP contribution in [-0.4, -0.2) is 30.1 Å². The van der Waals surface area contributed by atoms with Gasteiger partial charge in [0.1, 0.15) is 5.75 Å². The van der Waals surface area contributed by atoms with E-state index in [-0.39, 0.29) is 11.3 Å². The minimum Gasteiger partial charge on any atom is -0.496 e. The van der Waals surface area contributed by atoms with Crippen LogP contribution in [-0.2, 0) is 11.3 Å². The fourth-order valence-corrected chi connectivity index (χ4v) is 4.39. The number of methoxy groups -OCH3 is 1. The number of rotatable bonds is 5. The summed E-state index contributed by atoms with van der Waals surface area (Å²) in [6, 6.07) is 0.851. The molecule has 0 radical (unpaired) electrons. The number of carbonyl (C=O) groups is 1. The van der Waals surface area contributed by atoms with Crippen molar-refractivity contribution < 1.29 is 9.53 Å². The van der Waals surface area contributed by atoms with Crippen LogP contribution in [0.2, 0.25) is 0 Å². The zero-order valence-corrected chi connectivity index (χ0v) is 14.5. The number of nitrogens with one attached hydrogen (secondary N) is 2. The third kappa shape index (κ3) is 2.61. The number of aryl methyl sites for hydroxylation is 1. The van der Waals surface area contributed by atoms with Gasteiger partial charge in [-0.25, -0.2) is 0 Å². The van der Waals surface area contributed by atoms with Crippen molar-refractivity contribution in [3.05, 3.63) is 23.0 Å². The van der Waals surface area contributed by atoms with E-state index in [1.807, 2.05) is 20.0 Å². The first-order valence-corrected chi connectivity index (χ1v) is 8.55. The Labute approximate surface area is 138 Å². The molecule has 1 aromatic rings. The quantitative estimate of drug-likeness (QED) is 0.874. The van der Waals surface area contributed by atoms with Crippen LogP contribution in [0.4, 0.5) is 0 Å². The first-order chi connectivity index (χ1) is 11.0. The molecule has 2 saturated heterocycles. The van der Waals surface area contributed by atoms with Crippen molar-refractivity contribution >= 4 is 5.91 Å². The van der Waals surface area contributed by atoms with Crippen molar-refractivity contribution in [2.45, 2.75) is 65.1 Å². The summed E-state index contributed by atoms with van der Waals surface area (Å²) in [5.74, 6) is 1.02. The highest BCUT2D eigenvalue weighted by molar-refractivity contribution is 5.84. The summed E-state index contributed by atoms with van der Waals surface area (Å²) in [6.45, 7) is 6.56. The largest absolute Gasteiger partial charge is 0.496 e. The Morgan fingerprint density at radius 1 is 1.48 bits per heavy atom. The second kappa shape index (κ2) is 6.11. The second-order valence-corrected chi connectivity index (χ2v) is 6.94. The number of aromatic nitrogens is 1. The number of carbonyl (C=O) groups excluding carboxylic acids is 1. The molecule has 0 aromatic carbocycles. The SMILES string of the molecule is CC[C@@]1(C(=O)NCc2ncc(C)c(OC)c2C)C[C@@H]2CC[C@H]1N2. The number of nitrogens with zero attached hydrogens (tertiary/aromatic N) is 1. The van der Waals surface area contributed by atoms with E-state index < -0.39 is 0 Å². The molecule has 1 aromatic heterocycles. The predicted molar refractivity (Wildman–Crippen MR) is 89.4 cm³/mol. The van der Waals surface area contributed by atoms with Gasteiger partial charge in [-0.15, -0.1) is 0 Å². The molecule has 0 spiro atoms. The van der Waals surface area contributed by atoms with Crippen LogP contribution in [0.25, 0.3) is 0 Å². The van der Waals surface area contributed by atoms with E-state index in [4.69, 9.17) is 4.74 Å². The maximum Gasteiger partial charge on any atom is 0.228 e. The summed E-state index contributed by atoms with van der Waals surface area (Å²) in [7, 11) is 1.67. The molecule has 3 atom stereocenters. The van der Waals surface area contributed by atoms with Crippen molar-refractivity contribution in [2.75, 3.05) is 7.11 Å². The molecule has 3 heterocycles. The molecule has 2 aliphatic rings. The van der Waals surface area contributed by atoms with Crippen LogP contribution < -0.4 is 15.4 Å². The number of ether oxygens (including phenoxy) is 1. The molecule has 2 aliphatic heterocycles. The molecule has 23 heavy (non-hydrogen) atoms. The van der Waals surface area contributed by atoms with Crippen molar-refractivity contribution in [3.8, 4) is 5.75 Å². The van der Waals surface area contributed by atoms with Crippen LogP contribution in [0.1, 0.15) is 49.4 Å². The van der Waals surface area contributed by atoms with Gasteiger partial charge in [0.15, 0.2) is 0 Å². The molecule has 0 saturated carbocycles. The molecule has 2 N–H and O–H groups in total. The Balaban J connectivity index is 1.72. The van der Waals surface area contributed by atoms with E-state index in [2.05, 4.69) is 22.5 Å². The van der Waals surface area contributed by atoms with Crippen molar-refractivity contribution in [2.24, 2.45) is 5.41 Å². The van der Waals surface area contributed by atoms with E-state index in [9.17, 15) is 4.79 Å². The zero-order chi connectivity index (χ0) is 16.6. The molecule has 2 fully saturated rings. The lowest BCUT2D eigenvalue weighted by molar-refractivity contribution is -0.132. The summed E-state index contributed by atoms with van der Waals surface area (Å²) in [5.41, 5.74) is 2.65. The van der Waals surface area contributed by atoms with Gasteiger partial charge in [-0.3, -0.25) is 9.78 Å². The molecule has 2 bridgehead atoms. The summed E-state index contributed by atoms with van der Waals surface area (Å²) < 4.78 is 5.44. The number of hydrogen-bond acceptors (Lipinski definition) is 4. The lowest BCUT2D eigenvalue weighted by atomic mass is 9.71. The van der Waals surface area contributed by atoms with E-state index >= 15 is 0 Å². The van der Waals surface area contributed by atoms with Crippen molar-refractivity contribution in [1.29, 1.82) is 0 Å². The van der Waals surface area contributed by atoms with Gasteiger partial charge < -0.3 is 15.4 Å². The third-order valence-corrected chi connectivity index (χ3v) is 5.77. The minimum atomic E-state index is -0.244. The molecular weight excluding hydrogens is 290 g/mol. The smallest absolute Gasteiger partial charge is 0.228 e. The minimum absolute atomic E-state index is 0.167. The third-order valence-electron chi connectivity index (χ3n) is 5.77. The summed E-state index contributed by atoms with van der Waals surface area (Å²) in [6.07, 6.45) is 5.97. The van der Waals surface area contributed by atoms with Gasteiger partial charge in [0.2, 0.25) is 5.91 Å². The highest BCUT2D eigenvalue weighted by Gasteiger charge is 2.54. The Bertz CT molecular complexity index is 617. The highest BCUT2D eigenvalue weighted by Crippen LogP contribution is 2.45. The van der Waals surface area contributed by atoms with Gasteiger partial charge in [-0.05, 0) is 39.5 Å². The van der Waals surface area contributed by atoms with Crippen LogP contribution in [0.15, 0.2) is 6.20 Å². The fourth-order valence-electron chi connectivity index (χ4n) is 4.39. The normalized spacial score (nSPS) is 28.9. The monoisotopic (exact) mass is 317 g/mol. The van der Waals surface area contributed by atoms with Gasteiger partial charge in [0.05, 0.1) is 24.8 Å². The summed E-state index contributed by atoms with van der Waals surface area (Å²) in [4.78, 5) is 17.4. The maximum absolute atomic E-state index is 12.9. The topological polar surface area (TPSA) is 63.2 Å². The first-order valence-electron chi connectivity index (χ1n) is 8.55. The van der Waals surface area contributed by atoms with Crippen LogP contribution in [0, 0.1) is 19.3 Å². The molecular formula is C18H27N3O2. The highest BCUT2D eigenvalue weighted by atomic mass is 16.5. The van der Waals surface area contributed by atoms with Gasteiger partial charge in [-0.1, -0.05) is 6.92 Å². The van der Waals surface area contributed by atoms with E-state index in [0.29, 0.717) is 18.6 Å². The van der Waals surface area contributed by atoms with E-state index in [1.54, 1.807) is 7.11 Å². The molecule has 1 amide bonds. The fraction of sp³-hybridized carbons (Fsp3) is 0.667. The standard InChI is InChI=1S/C18H27N3O2/c1-5-18(8-13-6-7-15(18)21-13)17(22)20-10-14-12(3)16(23-4)11(2)9-19-14/h9,13,15,21H,5-8,10H2,1-4H3,(H,20,22)/t13-,15+,18+/m0/s1. The van der Waals surface area contributed by atoms with Gasteiger partial charge in [0.25, 0.3) is 0 Å². The molecule has 3 rings (SSSR count). The number of pyridine rings is 1. The predicted octanol–water partition coefficient (Wildman–Crippen LogP) is 2.24. The lowest BCUT2D eigenvalue weighted by Crippen LogP contribution is -2.48. The van der Waals surface area contributed by atoms with Gasteiger partial charge in [0, 0.05) is 29.4 Å². The maximum atomic E-state index is 12.9. The van der Waals surface area contributed by atoms with Gasteiger partial charge in [-0.2, -0.15) is 0 Å². The average molecular weight is 317 g/mol. The molecule has 0 aliphatic carbocycles. The van der Waals surface area contributed by atoms with Crippen molar-refractivity contribution in [3.63, 3.8) is 0 Å². The molecule has 0 unspecified atom stereocenters. The number of fused-ring (bicyclic) bond motifs is 2. The lowest BCUT2D eigenvalue weighted by Gasteiger charge is -2.34. The Hall–Kier alpha value is -1.62. The zero-order valence-electron chi connectivity index (χ0n) is 14.5. The average Bonchev–Trinajstić information content (AvgIpc) is 3.15. The number of hydrogen-bond donors (Lipinski definition) is 2. The molecule has 5 heteroatoms. The van der Waals surface area contributed by atoms with Crippen LogP contribution >= 0.6 is 0 Å². The molecule has 5 nitrogen and oxygen atoms in total. The summed E-state index contributed by atoms with van der Waals surface area (Å²) in [5, 5.41) is 6.72. The Kier molecular flexibility index (Phi) is 4.32. The second-order valence-electron chi connectivity index (χ2n) is 6.94. The van der Waals surface area contributed by atoms with Crippen LogP contribution in [0.3, 0.4) is 0 Å². The Morgan fingerprint density at radius 3 is 2.83 bits per heavy atom. The van der Waals surface area contributed by atoms with Crippen molar-refractivity contribution in [1.82, 2.24) is 15.6 Å². The summed E-state index contributed by atoms with van der Waals surface area (Å²) >= 11 is 0. The molecule has 126 valence electrons. The number of amides is 1.